The van der Waals surface area contributed by atoms with Crippen molar-refractivity contribution < 1.29 is 28.5 Å². The SMILES string of the molecule is CCOC(=O)COc1c(Br)cc(/C=C2\N=C(c3ccccc3Cl)OC2=O)cc1OC. The van der Waals surface area contributed by atoms with E-state index in [2.05, 4.69) is 20.9 Å². The summed E-state index contributed by atoms with van der Waals surface area (Å²) in [7, 11) is 1.47. The highest BCUT2D eigenvalue weighted by molar-refractivity contribution is 9.10. The number of aliphatic imine (C=N–C) groups is 1. The molecule has 0 amide bonds. The summed E-state index contributed by atoms with van der Waals surface area (Å²) in [5.41, 5.74) is 1.25. The lowest BCUT2D eigenvalue weighted by Gasteiger charge is -2.13. The lowest BCUT2D eigenvalue weighted by Crippen LogP contribution is -2.15. The molecule has 0 unspecified atom stereocenters. The van der Waals surface area contributed by atoms with Crippen LogP contribution in [-0.4, -0.2) is 38.2 Å². The van der Waals surface area contributed by atoms with E-state index in [1.807, 2.05) is 0 Å². The van der Waals surface area contributed by atoms with Crippen LogP contribution in [0.25, 0.3) is 6.08 Å². The van der Waals surface area contributed by atoms with Crippen LogP contribution in [0, 0.1) is 0 Å². The highest BCUT2D eigenvalue weighted by atomic mass is 79.9. The van der Waals surface area contributed by atoms with Gasteiger partial charge in [0.15, 0.2) is 23.8 Å². The fourth-order valence-corrected chi connectivity index (χ4v) is 3.40. The van der Waals surface area contributed by atoms with E-state index < -0.39 is 11.9 Å². The number of methoxy groups -OCH3 is 1. The van der Waals surface area contributed by atoms with Crippen LogP contribution in [0.2, 0.25) is 5.02 Å². The molecule has 0 fully saturated rings. The van der Waals surface area contributed by atoms with Crippen molar-refractivity contribution in [1.82, 2.24) is 0 Å². The van der Waals surface area contributed by atoms with Crippen molar-refractivity contribution in [3.63, 3.8) is 0 Å². The predicted molar refractivity (Wildman–Crippen MR) is 115 cm³/mol. The Balaban J connectivity index is 1.88. The Hall–Kier alpha value is -2.84. The average Bonchev–Trinajstić information content (AvgIpc) is 3.07. The predicted octanol–water partition coefficient (Wildman–Crippen LogP) is 4.40. The number of ether oxygens (including phenoxy) is 4. The van der Waals surface area contributed by atoms with Gasteiger partial charge in [0.05, 0.1) is 28.8 Å². The summed E-state index contributed by atoms with van der Waals surface area (Å²) in [6.45, 7) is 1.71. The first kappa shape index (κ1) is 21.9. The number of esters is 2. The molecular formula is C21H17BrClNO6. The molecule has 156 valence electrons. The Kier molecular flexibility index (Phi) is 7.12. The fourth-order valence-electron chi connectivity index (χ4n) is 2.61. The van der Waals surface area contributed by atoms with E-state index in [0.717, 1.165) is 0 Å². The van der Waals surface area contributed by atoms with Crippen LogP contribution in [-0.2, 0) is 19.1 Å². The lowest BCUT2D eigenvalue weighted by molar-refractivity contribution is -0.145. The third-order valence-electron chi connectivity index (χ3n) is 3.92. The van der Waals surface area contributed by atoms with Gasteiger partial charge in [0, 0.05) is 0 Å². The maximum Gasteiger partial charge on any atom is 0.363 e. The van der Waals surface area contributed by atoms with Crippen LogP contribution >= 0.6 is 27.5 Å². The number of hydrogen-bond donors (Lipinski definition) is 0. The molecule has 9 heteroatoms. The number of benzene rings is 2. The molecule has 0 radical (unpaired) electrons. The topological polar surface area (TPSA) is 83.4 Å². The molecule has 1 aliphatic rings. The number of halogens is 2. The second-order valence-corrected chi connectivity index (χ2v) is 7.21. The Bertz CT molecular complexity index is 1050. The normalized spacial score (nSPS) is 14.3. The lowest BCUT2D eigenvalue weighted by atomic mass is 10.1. The van der Waals surface area contributed by atoms with Crippen LogP contribution in [0.3, 0.4) is 0 Å². The molecule has 1 aliphatic heterocycles. The van der Waals surface area contributed by atoms with E-state index in [1.54, 1.807) is 49.4 Å². The Morgan fingerprint density at radius 2 is 2.07 bits per heavy atom. The smallest absolute Gasteiger partial charge is 0.363 e. The second-order valence-electron chi connectivity index (χ2n) is 5.94. The van der Waals surface area contributed by atoms with Gasteiger partial charge in [0.1, 0.15) is 0 Å². The average molecular weight is 495 g/mol. The van der Waals surface area contributed by atoms with E-state index in [1.165, 1.54) is 7.11 Å². The first-order chi connectivity index (χ1) is 14.4. The highest BCUT2D eigenvalue weighted by Crippen LogP contribution is 2.37. The molecular weight excluding hydrogens is 478 g/mol. The minimum atomic E-state index is -0.595. The van der Waals surface area contributed by atoms with Crippen LogP contribution in [0.4, 0.5) is 0 Å². The molecule has 0 spiro atoms. The van der Waals surface area contributed by atoms with E-state index in [9.17, 15) is 9.59 Å². The van der Waals surface area contributed by atoms with E-state index in [0.29, 0.717) is 32.1 Å². The molecule has 0 saturated heterocycles. The van der Waals surface area contributed by atoms with Crippen LogP contribution < -0.4 is 9.47 Å². The second kappa shape index (κ2) is 9.77. The number of rotatable bonds is 7. The van der Waals surface area contributed by atoms with Crippen molar-refractivity contribution >= 4 is 51.4 Å². The zero-order valence-electron chi connectivity index (χ0n) is 16.1. The number of carbonyl (C=O) groups excluding carboxylic acids is 2. The van der Waals surface area contributed by atoms with Gasteiger partial charge in [-0.05, 0) is 58.8 Å². The van der Waals surface area contributed by atoms with E-state index in [4.69, 9.17) is 30.5 Å². The standard InChI is InChI=1S/C21H17BrClNO6/c1-3-28-18(25)11-29-19-14(22)8-12(10-17(19)27-2)9-16-21(26)30-20(24-16)13-6-4-5-7-15(13)23/h4-10H,3,11H2,1-2H3/b16-9-. The Morgan fingerprint density at radius 1 is 1.30 bits per heavy atom. The third-order valence-corrected chi connectivity index (χ3v) is 4.84. The number of carbonyl (C=O) groups is 2. The molecule has 0 N–H and O–H groups in total. The largest absolute Gasteiger partial charge is 0.493 e. The van der Waals surface area contributed by atoms with Gasteiger partial charge in [0.2, 0.25) is 5.90 Å². The molecule has 0 aromatic heterocycles. The Morgan fingerprint density at radius 3 is 2.77 bits per heavy atom. The van der Waals surface area contributed by atoms with Gasteiger partial charge < -0.3 is 18.9 Å². The monoisotopic (exact) mass is 493 g/mol. The van der Waals surface area contributed by atoms with Gasteiger partial charge in [-0.25, -0.2) is 14.6 Å². The molecule has 30 heavy (non-hydrogen) atoms. The summed E-state index contributed by atoms with van der Waals surface area (Å²) in [6.07, 6.45) is 1.55. The Labute approximate surface area is 186 Å². The molecule has 2 aromatic carbocycles. The van der Waals surface area contributed by atoms with Gasteiger partial charge in [-0.15, -0.1) is 0 Å². The van der Waals surface area contributed by atoms with Crippen LogP contribution in [0.5, 0.6) is 11.5 Å². The third kappa shape index (κ3) is 5.01. The van der Waals surface area contributed by atoms with Gasteiger partial charge in [-0.2, -0.15) is 0 Å². The summed E-state index contributed by atoms with van der Waals surface area (Å²) in [4.78, 5) is 28.1. The summed E-state index contributed by atoms with van der Waals surface area (Å²) in [5, 5.41) is 0.429. The quantitative estimate of drug-likeness (QED) is 0.419. The summed E-state index contributed by atoms with van der Waals surface area (Å²) in [5.74, 6) is -0.253. The van der Waals surface area contributed by atoms with Crippen molar-refractivity contribution in [2.24, 2.45) is 4.99 Å². The maximum absolute atomic E-state index is 12.3. The van der Waals surface area contributed by atoms with Crippen LogP contribution in [0.1, 0.15) is 18.1 Å². The number of hydrogen-bond acceptors (Lipinski definition) is 7. The fraction of sp³-hybridized carbons (Fsp3) is 0.190. The zero-order valence-corrected chi connectivity index (χ0v) is 18.5. The molecule has 0 bridgehead atoms. The maximum atomic E-state index is 12.3. The minimum absolute atomic E-state index is 0.110. The van der Waals surface area contributed by atoms with Crippen molar-refractivity contribution in [3.05, 3.63) is 62.7 Å². The number of cyclic esters (lactones) is 1. The first-order valence-electron chi connectivity index (χ1n) is 8.86. The summed E-state index contributed by atoms with van der Waals surface area (Å²) < 4.78 is 21.5. The first-order valence-corrected chi connectivity index (χ1v) is 10.0. The molecule has 3 rings (SSSR count). The van der Waals surface area contributed by atoms with Gasteiger partial charge in [-0.1, -0.05) is 23.7 Å². The van der Waals surface area contributed by atoms with Crippen molar-refractivity contribution in [1.29, 1.82) is 0 Å². The summed E-state index contributed by atoms with van der Waals surface area (Å²) >= 11 is 9.54. The molecule has 0 aliphatic carbocycles. The van der Waals surface area contributed by atoms with Gasteiger partial charge >= 0.3 is 11.9 Å². The van der Waals surface area contributed by atoms with E-state index in [-0.39, 0.29) is 24.8 Å². The van der Waals surface area contributed by atoms with Gasteiger partial charge in [-0.3, -0.25) is 0 Å². The highest BCUT2D eigenvalue weighted by Gasteiger charge is 2.25. The van der Waals surface area contributed by atoms with E-state index >= 15 is 0 Å². The van der Waals surface area contributed by atoms with Crippen molar-refractivity contribution in [2.45, 2.75) is 6.92 Å². The molecule has 2 aromatic rings. The van der Waals surface area contributed by atoms with Crippen molar-refractivity contribution in [3.8, 4) is 11.5 Å². The number of nitrogens with zero attached hydrogens (tertiary/aromatic N) is 1. The van der Waals surface area contributed by atoms with Crippen LogP contribution in [0.15, 0.2) is 51.6 Å². The summed E-state index contributed by atoms with van der Waals surface area (Å²) in [6, 6.07) is 10.3. The minimum Gasteiger partial charge on any atom is -0.493 e. The molecule has 0 atom stereocenters. The molecule has 0 saturated carbocycles. The molecule has 7 nitrogen and oxygen atoms in total. The zero-order chi connectivity index (χ0) is 21.7. The van der Waals surface area contributed by atoms with Crippen molar-refractivity contribution in [2.75, 3.05) is 20.3 Å². The van der Waals surface area contributed by atoms with Gasteiger partial charge in [0.25, 0.3) is 0 Å². The molecule has 1 heterocycles.